The van der Waals surface area contributed by atoms with Crippen molar-refractivity contribution in [2.24, 2.45) is 0 Å². The van der Waals surface area contributed by atoms with Crippen molar-refractivity contribution in [2.45, 2.75) is 13.1 Å². The molecule has 24 heavy (non-hydrogen) atoms. The smallest absolute Gasteiger partial charge is 1.00 e. The third kappa shape index (κ3) is 5.29. The third-order valence-corrected chi connectivity index (χ3v) is 7.63. The van der Waals surface area contributed by atoms with Crippen LogP contribution in [0.5, 0.6) is 0 Å². The first-order valence-electron chi connectivity index (χ1n) is 7.07. The zero-order valence-corrected chi connectivity index (χ0v) is 18.5. The number of rotatable bonds is 3. The molecule has 0 N–H and O–H groups in total. The summed E-state index contributed by atoms with van der Waals surface area (Å²) in [6.07, 6.45) is 0. The van der Waals surface area contributed by atoms with Gasteiger partial charge in [0.2, 0.25) is 0 Å². The number of hydrogen-bond acceptors (Lipinski definition) is 0. The second kappa shape index (κ2) is 11.3. The predicted molar refractivity (Wildman–Crippen MR) is 90.7 cm³/mol. The fraction of sp³-hybridized carbons (Fsp3) is 0.105. The molecule has 0 bridgehead atoms. The summed E-state index contributed by atoms with van der Waals surface area (Å²) in [7, 11) is -1.63. The van der Waals surface area contributed by atoms with Gasteiger partial charge < -0.3 is 37.2 Å². The van der Waals surface area contributed by atoms with Gasteiger partial charge in [-0.3, -0.25) is 0 Å². The van der Waals surface area contributed by atoms with Gasteiger partial charge in [-0.05, 0) is 0 Å². The van der Waals surface area contributed by atoms with E-state index in [1.54, 1.807) is 0 Å². The molecule has 0 radical (unpaired) electrons. The van der Waals surface area contributed by atoms with Gasteiger partial charge in [0.05, 0.1) is 8.07 Å². The topological polar surface area (TPSA) is 0 Å². The maximum absolute atomic E-state index is 2.43. The minimum atomic E-state index is -1.63. The fourth-order valence-electron chi connectivity index (χ4n) is 2.84. The monoisotopic (exact) mass is 428 g/mol. The van der Waals surface area contributed by atoms with E-state index in [4.69, 9.17) is 0 Å². The van der Waals surface area contributed by atoms with E-state index in [1.165, 1.54) is 21.5 Å². The van der Waals surface area contributed by atoms with E-state index in [0.717, 1.165) is 0 Å². The zero-order valence-electron chi connectivity index (χ0n) is 13.6. The van der Waals surface area contributed by atoms with Crippen LogP contribution in [0.3, 0.4) is 0 Å². The average molecular weight is 430 g/mol. The molecule has 0 amide bonds. The van der Waals surface area contributed by atoms with Gasteiger partial charge in [0.1, 0.15) is 0 Å². The molecule has 0 fully saturated rings. The van der Waals surface area contributed by atoms with Gasteiger partial charge in [0.25, 0.3) is 0 Å². The molecule has 124 valence electrons. The molecule has 5 heteroatoms. The van der Waals surface area contributed by atoms with Crippen LogP contribution in [0, 0.1) is 0 Å². The van der Waals surface area contributed by atoms with Crippen LogP contribution in [-0.2, 0) is 21.7 Å². The SMILES string of the molecule is C[Si](C)(c1ccccc1)[c-]1cccc1-c1ccccc1.[Cl-].[Cl-].[Cl-].[Ti+4]. The Kier molecular flexibility index (Phi) is 12.1. The molecule has 0 spiro atoms. The first-order valence-corrected chi connectivity index (χ1v) is 10.1. The molecule has 3 aromatic rings. The van der Waals surface area contributed by atoms with Gasteiger partial charge in [0, 0.05) is 0 Å². The van der Waals surface area contributed by atoms with Crippen molar-refractivity contribution in [1.82, 2.24) is 0 Å². The molecular weight excluding hydrogens is 411 g/mol. The van der Waals surface area contributed by atoms with E-state index in [-0.39, 0.29) is 58.9 Å². The summed E-state index contributed by atoms with van der Waals surface area (Å²) in [6, 6.07) is 28.4. The van der Waals surface area contributed by atoms with Gasteiger partial charge in [-0.1, -0.05) is 78.9 Å². The van der Waals surface area contributed by atoms with Crippen molar-refractivity contribution < 1.29 is 58.9 Å². The Balaban J connectivity index is 0. The Bertz CT molecular complexity index is 697. The van der Waals surface area contributed by atoms with Crippen LogP contribution in [0.2, 0.25) is 13.1 Å². The molecule has 0 nitrogen and oxygen atoms in total. The van der Waals surface area contributed by atoms with Crippen LogP contribution in [0.25, 0.3) is 11.1 Å². The molecule has 0 heterocycles. The third-order valence-electron chi connectivity index (χ3n) is 4.07. The minimum Gasteiger partial charge on any atom is -1.00 e. The second-order valence-electron chi connectivity index (χ2n) is 5.71. The summed E-state index contributed by atoms with van der Waals surface area (Å²) < 4.78 is 0. The largest absolute Gasteiger partial charge is 4.00 e. The Labute approximate surface area is 179 Å². The molecule has 0 saturated heterocycles. The quantitative estimate of drug-likeness (QED) is 0.289. The summed E-state index contributed by atoms with van der Waals surface area (Å²) >= 11 is 0. The molecule has 0 aliphatic rings. The average Bonchev–Trinajstić information content (AvgIpc) is 2.99. The van der Waals surface area contributed by atoms with Gasteiger partial charge in [-0.25, -0.2) is 0 Å². The number of benzene rings is 2. The van der Waals surface area contributed by atoms with E-state index in [2.05, 4.69) is 92.0 Å². The van der Waals surface area contributed by atoms with Gasteiger partial charge in [-0.15, -0.1) is 16.3 Å². The van der Waals surface area contributed by atoms with Crippen molar-refractivity contribution in [1.29, 1.82) is 0 Å². The van der Waals surface area contributed by atoms with E-state index < -0.39 is 8.07 Å². The Morgan fingerprint density at radius 2 is 1.17 bits per heavy atom. The summed E-state index contributed by atoms with van der Waals surface area (Å²) in [5.41, 5.74) is 2.72. The predicted octanol–water partition coefficient (Wildman–Crippen LogP) is -5.10. The molecule has 0 aromatic heterocycles. The summed E-state index contributed by atoms with van der Waals surface area (Å²) in [5, 5.41) is 3.01. The van der Waals surface area contributed by atoms with Gasteiger partial charge in [0.15, 0.2) is 0 Å². The van der Waals surface area contributed by atoms with E-state index in [0.29, 0.717) is 0 Å². The van der Waals surface area contributed by atoms with Gasteiger partial charge in [-0.2, -0.15) is 18.2 Å². The van der Waals surface area contributed by atoms with Crippen molar-refractivity contribution in [2.75, 3.05) is 0 Å². The van der Waals surface area contributed by atoms with Crippen LogP contribution >= 0.6 is 0 Å². The van der Waals surface area contributed by atoms with Crippen molar-refractivity contribution in [3.8, 4) is 11.1 Å². The summed E-state index contributed by atoms with van der Waals surface area (Å²) in [6.45, 7) is 4.87. The molecular formula is C19H19Cl3SiTi. The molecule has 0 unspecified atom stereocenters. The van der Waals surface area contributed by atoms with Crippen LogP contribution in [0.15, 0.2) is 78.9 Å². The molecule has 0 saturated carbocycles. The molecule has 0 aliphatic carbocycles. The van der Waals surface area contributed by atoms with Gasteiger partial charge >= 0.3 is 21.7 Å². The molecule has 3 aromatic carbocycles. The van der Waals surface area contributed by atoms with Crippen molar-refractivity contribution >= 4 is 18.4 Å². The van der Waals surface area contributed by atoms with Crippen LogP contribution in [0.4, 0.5) is 0 Å². The normalized spacial score (nSPS) is 9.58. The van der Waals surface area contributed by atoms with E-state index in [1.807, 2.05) is 0 Å². The fourth-order valence-corrected chi connectivity index (χ4v) is 5.60. The van der Waals surface area contributed by atoms with Crippen LogP contribution in [0.1, 0.15) is 0 Å². The molecule has 0 atom stereocenters. The Morgan fingerprint density at radius 3 is 1.71 bits per heavy atom. The van der Waals surface area contributed by atoms with Crippen LogP contribution < -0.4 is 47.6 Å². The number of halogens is 3. The zero-order chi connectivity index (χ0) is 14.0. The van der Waals surface area contributed by atoms with E-state index in [9.17, 15) is 0 Å². The number of hydrogen-bond donors (Lipinski definition) is 0. The summed E-state index contributed by atoms with van der Waals surface area (Å²) in [4.78, 5) is 0. The molecule has 3 rings (SSSR count). The standard InChI is InChI=1S/C19H19Si.3ClH.Ti/c1-20(2,17-12-7-4-8-13-17)19-15-9-14-18(19)16-10-5-3-6-11-16;;;;/h3-15H,1-2H3;3*1H;/q-1;;;;+4/p-3. The molecule has 0 aliphatic heterocycles. The Morgan fingerprint density at radius 1 is 0.667 bits per heavy atom. The van der Waals surface area contributed by atoms with Crippen molar-refractivity contribution in [3.05, 3.63) is 78.9 Å². The Hall–Kier alpha value is -0.409. The van der Waals surface area contributed by atoms with Crippen LogP contribution in [-0.4, -0.2) is 8.07 Å². The maximum atomic E-state index is 2.43. The maximum Gasteiger partial charge on any atom is 4.00 e. The first kappa shape index (κ1) is 25.8. The van der Waals surface area contributed by atoms with E-state index >= 15 is 0 Å². The first-order chi connectivity index (χ1) is 9.69. The summed E-state index contributed by atoms with van der Waals surface area (Å²) in [5.74, 6) is 0. The minimum absolute atomic E-state index is 0. The van der Waals surface area contributed by atoms with Crippen molar-refractivity contribution in [3.63, 3.8) is 0 Å². The second-order valence-corrected chi connectivity index (χ2v) is 10.1.